The second kappa shape index (κ2) is 10.1. The Morgan fingerprint density at radius 1 is 1.14 bits per heavy atom. The number of nitrogens with zero attached hydrogens (tertiary/aromatic N) is 1. The van der Waals surface area contributed by atoms with Crippen LogP contribution in [0.1, 0.15) is 23.6 Å². The van der Waals surface area contributed by atoms with Crippen LogP contribution in [-0.2, 0) is 23.0 Å². The number of aliphatic imine (C=N–C) groups is 1. The molecule has 0 spiro atoms. The highest BCUT2D eigenvalue weighted by atomic mass is 32.2. The number of benzene rings is 2. The summed E-state index contributed by atoms with van der Waals surface area (Å²) < 4.78 is 28.0. The molecule has 0 saturated carbocycles. The summed E-state index contributed by atoms with van der Waals surface area (Å²) in [6.45, 7) is 5.94. The van der Waals surface area contributed by atoms with Crippen molar-refractivity contribution in [2.75, 3.05) is 20.2 Å². The van der Waals surface area contributed by atoms with Crippen molar-refractivity contribution in [3.05, 3.63) is 59.2 Å². The SMILES string of the molecule is CCNC(=NCc1ccc(C)cc1OC)NCCc1ccc(S(N)(=O)=O)cc1. The number of hydrogen-bond acceptors (Lipinski definition) is 4. The summed E-state index contributed by atoms with van der Waals surface area (Å²) >= 11 is 0. The van der Waals surface area contributed by atoms with E-state index in [1.54, 1.807) is 19.2 Å². The topological polar surface area (TPSA) is 106 Å². The summed E-state index contributed by atoms with van der Waals surface area (Å²) in [5, 5.41) is 11.6. The third kappa shape index (κ3) is 6.54. The van der Waals surface area contributed by atoms with Crippen molar-refractivity contribution in [1.29, 1.82) is 0 Å². The number of ether oxygens (including phenoxy) is 1. The van der Waals surface area contributed by atoms with Crippen molar-refractivity contribution in [2.45, 2.75) is 31.7 Å². The van der Waals surface area contributed by atoms with Gasteiger partial charge < -0.3 is 15.4 Å². The lowest BCUT2D eigenvalue weighted by Gasteiger charge is -2.12. The molecule has 28 heavy (non-hydrogen) atoms. The van der Waals surface area contributed by atoms with Gasteiger partial charge in [0.05, 0.1) is 18.6 Å². The van der Waals surface area contributed by atoms with E-state index in [0.717, 1.165) is 35.4 Å². The number of nitrogens with two attached hydrogens (primary N) is 1. The Morgan fingerprint density at radius 2 is 1.86 bits per heavy atom. The quantitative estimate of drug-likeness (QED) is 0.461. The van der Waals surface area contributed by atoms with Crippen molar-refractivity contribution in [3.63, 3.8) is 0 Å². The molecule has 0 aromatic heterocycles. The van der Waals surface area contributed by atoms with Gasteiger partial charge in [-0.1, -0.05) is 24.3 Å². The number of aryl methyl sites for hydroxylation is 1. The molecule has 152 valence electrons. The highest BCUT2D eigenvalue weighted by Gasteiger charge is 2.07. The average molecular weight is 405 g/mol. The summed E-state index contributed by atoms with van der Waals surface area (Å²) in [5.41, 5.74) is 3.17. The molecule has 0 heterocycles. The Kier molecular flexibility index (Phi) is 7.83. The van der Waals surface area contributed by atoms with Gasteiger partial charge in [-0.3, -0.25) is 0 Å². The van der Waals surface area contributed by atoms with Crippen LogP contribution in [-0.4, -0.2) is 34.6 Å². The first-order chi connectivity index (χ1) is 13.3. The first-order valence-corrected chi connectivity index (χ1v) is 10.7. The van der Waals surface area contributed by atoms with Gasteiger partial charge in [-0.05, 0) is 49.6 Å². The summed E-state index contributed by atoms with van der Waals surface area (Å²) in [6.07, 6.45) is 0.725. The Labute approximate surface area is 167 Å². The monoisotopic (exact) mass is 404 g/mol. The molecule has 0 atom stereocenters. The Hall–Kier alpha value is -2.58. The van der Waals surface area contributed by atoms with Gasteiger partial charge in [0.2, 0.25) is 10.0 Å². The highest BCUT2D eigenvalue weighted by molar-refractivity contribution is 7.89. The third-order valence-corrected chi connectivity index (χ3v) is 5.08. The van der Waals surface area contributed by atoms with Crippen LogP contribution in [0.4, 0.5) is 0 Å². The zero-order valence-corrected chi connectivity index (χ0v) is 17.3. The molecule has 0 aliphatic rings. The van der Waals surface area contributed by atoms with Crippen molar-refractivity contribution < 1.29 is 13.2 Å². The van der Waals surface area contributed by atoms with Crippen molar-refractivity contribution >= 4 is 16.0 Å². The molecule has 0 aliphatic carbocycles. The van der Waals surface area contributed by atoms with Gasteiger partial charge in [-0.25, -0.2) is 18.5 Å². The number of rotatable bonds is 8. The molecule has 0 unspecified atom stereocenters. The van der Waals surface area contributed by atoms with Crippen LogP contribution in [0.15, 0.2) is 52.4 Å². The predicted octanol–water partition coefficient (Wildman–Crippen LogP) is 1.95. The van der Waals surface area contributed by atoms with Gasteiger partial charge in [-0.15, -0.1) is 0 Å². The van der Waals surface area contributed by atoms with Gasteiger partial charge in [0.15, 0.2) is 5.96 Å². The Bertz CT molecular complexity index is 910. The predicted molar refractivity (Wildman–Crippen MR) is 112 cm³/mol. The van der Waals surface area contributed by atoms with Crippen LogP contribution in [0.2, 0.25) is 0 Å². The molecular formula is C20H28N4O3S. The lowest BCUT2D eigenvalue weighted by molar-refractivity contribution is 0.409. The molecule has 2 rings (SSSR count). The van der Waals surface area contributed by atoms with Gasteiger partial charge in [0.25, 0.3) is 0 Å². The van der Waals surface area contributed by atoms with E-state index in [2.05, 4.69) is 15.6 Å². The van der Waals surface area contributed by atoms with Gasteiger partial charge in [0.1, 0.15) is 5.75 Å². The molecule has 0 bridgehead atoms. The standard InChI is InChI=1S/C20H28N4O3S/c1-4-22-20(24-14-17-8-5-15(2)13-19(17)27-3)23-12-11-16-6-9-18(10-7-16)28(21,25)26/h5-10,13H,4,11-12,14H2,1-3H3,(H2,21,25,26)(H2,22,23,24). The Balaban J connectivity index is 1.96. The summed E-state index contributed by atoms with van der Waals surface area (Å²) in [6, 6.07) is 12.6. The normalized spacial score (nSPS) is 11.9. The minimum absolute atomic E-state index is 0.117. The maximum Gasteiger partial charge on any atom is 0.238 e. The van der Waals surface area contributed by atoms with Crippen LogP contribution >= 0.6 is 0 Å². The first-order valence-electron chi connectivity index (χ1n) is 9.11. The minimum Gasteiger partial charge on any atom is -0.496 e. The van der Waals surface area contributed by atoms with E-state index in [-0.39, 0.29) is 4.90 Å². The smallest absolute Gasteiger partial charge is 0.238 e. The van der Waals surface area contributed by atoms with Crippen molar-refractivity contribution in [2.24, 2.45) is 10.1 Å². The molecule has 2 aromatic rings. The zero-order valence-electron chi connectivity index (χ0n) is 16.5. The molecule has 7 nitrogen and oxygen atoms in total. The second-order valence-electron chi connectivity index (χ2n) is 6.38. The summed E-state index contributed by atoms with van der Waals surface area (Å²) in [5.74, 6) is 1.54. The fourth-order valence-corrected chi connectivity index (χ4v) is 3.17. The number of methoxy groups -OCH3 is 1. The molecule has 2 aromatic carbocycles. The fourth-order valence-electron chi connectivity index (χ4n) is 2.66. The molecule has 0 amide bonds. The van der Waals surface area contributed by atoms with E-state index in [1.165, 1.54) is 12.1 Å². The molecule has 4 N–H and O–H groups in total. The number of guanidine groups is 1. The largest absolute Gasteiger partial charge is 0.496 e. The van der Waals surface area contributed by atoms with Gasteiger partial charge >= 0.3 is 0 Å². The fraction of sp³-hybridized carbons (Fsp3) is 0.350. The molecular weight excluding hydrogens is 376 g/mol. The average Bonchev–Trinajstić information content (AvgIpc) is 2.66. The molecule has 0 aliphatic heterocycles. The van der Waals surface area contributed by atoms with E-state index < -0.39 is 10.0 Å². The molecule has 0 fully saturated rings. The van der Waals surface area contributed by atoms with Crippen LogP contribution in [0.5, 0.6) is 5.75 Å². The lowest BCUT2D eigenvalue weighted by Crippen LogP contribution is -2.38. The van der Waals surface area contributed by atoms with Crippen LogP contribution in [0.3, 0.4) is 0 Å². The van der Waals surface area contributed by atoms with E-state index in [0.29, 0.717) is 19.0 Å². The van der Waals surface area contributed by atoms with E-state index in [1.807, 2.05) is 32.0 Å². The number of sulfonamides is 1. The molecule has 0 saturated heterocycles. The van der Waals surface area contributed by atoms with Gasteiger partial charge in [0, 0.05) is 18.7 Å². The van der Waals surface area contributed by atoms with Crippen LogP contribution < -0.4 is 20.5 Å². The third-order valence-electron chi connectivity index (χ3n) is 4.15. The van der Waals surface area contributed by atoms with Crippen molar-refractivity contribution in [1.82, 2.24) is 10.6 Å². The maximum absolute atomic E-state index is 11.3. The molecule has 0 radical (unpaired) electrons. The van der Waals surface area contributed by atoms with Crippen molar-refractivity contribution in [3.8, 4) is 5.75 Å². The number of nitrogens with one attached hydrogen (secondary N) is 2. The highest BCUT2D eigenvalue weighted by Crippen LogP contribution is 2.20. The van der Waals surface area contributed by atoms with Gasteiger partial charge in [-0.2, -0.15) is 0 Å². The van der Waals surface area contributed by atoms with E-state index >= 15 is 0 Å². The van der Waals surface area contributed by atoms with Crippen LogP contribution in [0.25, 0.3) is 0 Å². The first kappa shape index (κ1) is 21.7. The summed E-state index contributed by atoms with van der Waals surface area (Å²) in [4.78, 5) is 4.73. The Morgan fingerprint density at radius 3 is 2.46 bits per heavy atom. The number of hydrogen-bond donors (Lipinski definition) is 3. The van der Waals surface area contributed by atoms with Crippen LogP contribution in [0, 0.1) is 6.92 Å². The number of primary sulfonamides is 1. The maximum atomic E-state index is 11.3. The zero-order chi connectivity index (χ0) is 20.6. The summed E-state index contributed by atoms with van der Waals surface area (Å²) in [7, 11) is -2.00. The molecule has 8 heteroatoms. The van der Waals surface area contributed by atoms with E-state index in [9.17, 15) is 8.42 Å². The van der Waals surface area contributed by atoms with E-state index in [4.69, 9.17) is 9.88 Å². The minimum atomic E-state index is -3.66. The lowest BCUT2D eigenvalue weighted by atomic mass is 10.1. The second-order valence-corrected chi connectivity index (χ2v) is 7.94.